The van der Waals surface area contributed by atoms with Gasteiger partial charge in [-0.2, -0.15) is 13.2 Å². The third-order valence-corrected chi connectivity index (χ3v) is 3.11. The van der Waals surface area contributed by atoms with Crippen LogP contribution in [0.1, 0.15) is 25.3 Å². The Labute approximate surface area is 115 Å². The lowest BCUT2D eigenvalue weighted by Gasteiger charge is -2.15. The van der Waals surface area contributed by atoms with Crippen LogP contribution in [-0.4, -0.2) is 19.2 Å². The van der Waals surface area contributed by atoms with Crippen molar-refractivity contribution in [1.29, 1.82) is 0 Å². The average molecular weight is 291 g/mol. The molecule has 0 radical (unpaired) electrons. The fraction of sp³-hybridized carbons (Fsp3) is 0.571. The Kier molecular flexibility index (Phi) is 4.52. The molecule has 0 amide bonds. The van der Waals surface area contributed by atoms with Crippen LogP contribution >= 0.6 is 0 Å². The maximum atomic E-state index is 13.1. The van der Waals surface area contributed by atoms with E-state index in [4.69, 9.17) is 4.74 Å². The Balaban J connectivity index is 1.88. The van der Waals surface area contributed by atoms with Gasteiger partial charge in [0.1, 0.15) is 11.6 Å². The third kappa shape index (κ3) is 4.37. The highest BCUT2D eigenvalue weighted by Crippen LogP contribution is 2.33. The predicted octanol–water partition coefficient (Wildman–Crippen LogP) is 3.61. The Bertz CT molecular complexity index is 457. The smallest absolute Gasteiger partial charge is 0.419 e. The quantitative estimate of drug-likeness (QED) is 0.808. The van der Waals surface area contributed by atoms with Crippen molar-refractivity contribution in [2.75, 3.05) is 13.2 Å². The lowest BCUT2D eigenvalue weighted by atomic mass is 10.2. The molecule has 1 aromatic carbocycles. The molecular weight excluding hydrogens is 274 g/mol. The number of hydrogen-bond acceptors (Lipinski definition) is 2. The van der Waals surface area contributed by atoms with Crippen molar-refractivity contribution < 1.29 is 22.3 Å². The highest BCUT2D eigenvalue weighted by Gasteiger charge is 2.34. The summed E-state index contributed by atoms with van der Waals surface area (Å²) in [4.78, 5) is 0. The maximum Gasteiger partial charge on any atom is 0.419 e. The van der Waals surface area contributed by atoms with Crippen LogP contribution in [0.25, 0.3) is 0 Å². The second kappa shape index (κ2) is 5.99. The monoisotopic (exact) mass is 291 g/mol. The zero-order valence-electron chi connectivity index (χ0n) is 11.1. The van der Waals surface area contributed by atoms with Crippen molar-refractivity contribution in [3.8, 4) is 5.75 Å². The van der Waals surface area contributed by atoms with E-state index in [9.17, 15) is 17.6 Å². The predicted molar refractivity (Wildman–Crippen MR) is 67.1 cm³/mol. The van der Waals surface area contributed by atoms with Gasteiger partial charge < -0.3 is 10.1 Å². The van der Waals surface area contributed by atoms with Crippen molar-refractivity contribution >= 4 is 0 Å². The number of ether oxygens (including phenoxy) is 1. The van der Waals surface area contributed by atoms with Crippen molar-refractivity contribution in [2.24, 2.45) is 5.92 Å². The Morgan fingerprint density at radius 3 is 2.65 bits per heavy atom. The van der Waals surface area contributed by atoms with Gasteiger partial charge in [-0.25, -0.2) is 4.39 Å². The summed E-state index contributed by atoms with van der Waals surface area (Å²) in [6, 6.07) is 3.29. The second-order valence-corrected chi connectivity index (χ2v) is 5.24. The van der Waals surface area contributed by atoms with E-state index in [0.29, 0.717) is 18.7 Å². The summed E-state index contributed by atoms with van der Waals surface area (Å²) in [5, 5.41) is 3.32. The number of nitrogens with one attached hydrogen (secondary N) is 1. The molecule has 0 aliphatic heterocycles. The van der Waals surface area contributed by atoms with Crippen LogP contribution in [0, 0.1) is 11.7 Å². The van der Waals surface area contributed by atoms with Crippen LogP contribution in [0.4, 0.5) is 17.6 Å². The molecule has 0 saturated heterocycles. The minimum atomic E-state index is -4.71. The summed E-state index contributed by atoms with van der Waals surface area (Å²) in [6.07, 6.45) is -2.34. The van der Waals surface area contributed by atoms with Crippen LogP contribution in [0.15, 0.2) is 18.2 Å². The molecular formula is C14H17F4NO. The first-order chi connectivity index (χ1) is 9.36. The highest BCUT2D eigenvalue weighted by molar-refractivity contribution is 5.31. The second-order valence-electron chi connectivity index (χ2n) is 5.24. The van der Waals surface area contributed by atoms with Crippen LogP contribution in [0.3, 0.4) is 0 Å². The molecule has 1 atom stereocenters. The molecule has 1 N–H and O–H groups in total. The number of alkyl halides is 3. The van der Waals surface area contributed by atoms with Crippen molar-refractivity contribution in [1.82, 2.24) is 5.32 Å². The zero-order valence-corrected chi connectivity index (χ0v) is 11.1. The van der Waals surface area contributed by atoms with Gasteiger partial charge >= 0.3 is 6.18 Å². The molecule has 0 aromatic heterocycles. The number of benzene rings is 1. The third-order valence-electron chi connectivity index (χ3n) is 3.11. The van der Waals surface area contributed by atoms with Crippen molar-refractivity contribution in [2.45, 2.75) is 32.0 Å². The van der Waals surface area contributed by atoms with E-state index in [-0.39, 0.29) is 11.7 Å². The summed E-state index contributed by atoms with van der Waals surface area (Å²) < 4.78 is 56.0. The highest BCUT2D eigenvalue weighted by atomic mass is 19.4. The molecule has 1 fully saturated rings. The Morgan fingerprint density at radius 2 is 2.05 bits per heavy atom. The maximum absolute atomic E-state index is 13.1. The van der Waals surface area contributed by atoms with E-state index in [1.807, 2.05) is 6.92 Å². The molecule has 1 aliphatic rings. The van der Waals surface area contributed by atoms with E-state index in [1.165, 1.54) is 18.9 Å². The largest absolute Gasteiger partial charge is 0.493 e. The van der Waals surface area contributed by atoms with Crippen molar-refractivity contribution in [3.05, 3.63) is 29.6 Å². The molecule has 20 heavy (non-hydrogen) atoms. The standard InChI is InChI=1S/C14H17F4NO/c1-9(7-19-10-2-3-10)8-20-11-4-5-13(15)12(6-11)14(16,17)18/h4-6,9-10,19H,2-3,7-8H2,1H3. The molecule has 2 nitrogen and oxygen atoms in total. The van der Waals surface area contributed by atoms with E-state index in [1.54, 1.807) is 0 Å². The fourth-order valence-corrected chi connectivity index (χ4v) is 1.76. The molecule has 1 aromatic rings. The summed E-state index contributed by atoms with van der Waals surface area (Å²) in [5.74, 6) is -1.07. The van der Waals surface area contributed by atoms with Gasteiger partial charge in [0, 0.05) is 18.5 Å². The van der Waals surface area contributed by atoms with Gasteiger partial charge in [-0.1, -0.05) is 6.92 Å². The number of rotatable bonds is 6. The first-order valence-corrected chi connectivity index (χ1v) is 6.59. The molecule has 2 rings (SSSR count). The normalized spacial score (nSPS) is 17.1. The van der Waals surface area contributed by atoms with E-state index in [0.717, 1.165) is 12.6 Å². The van der Waals surface area contributed by atoms with E-state index >= 15 is 0 Å². The van der Waals surface area contributed by atoms with Crippen LogP contribution in [0.5, 0.6) is 5.75 Å². The Morgan fingerprint density at radius 1 is 1.35 bits per heavy atom. The molecule has 0 bridgehead atoms. The number of hydrogen-bond donors (Lipinski definition) is 1. The Hall–Kier alpha value is -1.30. The first-order valence-electron chi connectivity index (χ1n) is 6.59. The minimum Gasteiger partial charge on any atom is -0.493 e. The van der Waals surface area contributed by atoms with Crippen molar-refractivity contribution in [3.63, 3.8) is 0 Å². The van der Waals surface area contributed by atoms with Crippen LogP contribution < -0.4 is 10.1 Å². The lowest BCUT2D eigenvalue weighted by Crippen LogP contribution is -2.26. The summed E-state index contributed by atoms with van der Waals surface area (Å²) in [5.41, 5.74) is -1.29. The lowest BCUT2D eigenvalue weighted by molar-refractivity contribution is -0.140. The SMILES string of the molecule is CC(CNC1CC1)COc1ccc(F)c(C(F)(F)F)c1. The summed E-state index contributed by atoms with van der Waals surface area (Å²) >= 11 is 0. The summed E-state index contributed by atoms with van der Waals surface area (Å²) in [7, 11) is 0. The summed E-state index contributed by atoms with van der Waals surface area (Å²) in [6.45, 7) is 3.00. The van der Waals surface area contributed by atoms with Gasteiger partial charge in [-0.3, -0.25) is 0 Å². The van der Waals surface area contributed by atoms with Gasteiger partial charge in [0.25, 0.3) is 0 Å². The molecule has 1 unspecified atom stereocenters. The van der Waals surface area contributed by atoms with Gasteiger partial charge in [0.05, 0.1) is 12.2 Å². The zero-order chi connectivity index (χ0) is 14.8. The molecule has 0 spiro atoms. The average Bonchev–Trinajstić information content (AvgIpc) is 3.18. The van der Waals surface area contributed by atoms with E-state index < -0.39 is 17.6 Å². The molecule has 0 heterocycles. The fourth-order valence-electron chi connectivity index (χ4n) is 1.76. The molecule has 6 heteroatoms. The van der Waals surface area contributed by atoms with Crippen LogP contribution in [0.2, 0.25) is 0 Å². The molecule has 1 aliphatic carbocycles. The first kappa shape index (κ1) is 15.1. The van der Waals surface area contributed by atoms with Gasteiger partial charge in [-0.05, 0) is 31.0 Å². The topological polar surface area (TPSA) is 21.3 Å². The molecule has 1 saturated carbocycles. The van der Waals surface area contributed by atoms with Crippen LogP contribution in [-0.2, 0) is 6.18 Å². The van der Waals surface area contributed by atoms with E-state index in [2.05, 4.69) is 5.32 Å². The van der Waals surface area contributed by atoms with Gasteiger partial charge in [-0.15, -0.1) is 0 Å². The van der Waals surface area contributed by atoms with Gasteiger partial charge in [0.2, 0.25) is 0 Å². The molecule has 112 valence electrons. The van der Waals surface area contributed by atoms with Gasteiger partial charge in [0.15, 0.2) is 0 Å². The minimum absolute atomic E-state index is 0.0389. The number of halogens is 4.